The third-order valence-electron chi connectivity index (χ3n) is 6.15. The monoisotopic (exact) mass is 473 g/mol. The number of amides is 1. The molecule has 178 valence electrons. The van der Waals surface area contributed by atoms with Crippen LogP contribution in [0.2, 0.25) is 0 Å². The van der Waals surface area contributed by atoms with E-state index < -0.39 is 21.9 Å². The normalized spacial score (nSPS) is 20.2. The molecule has 1 aliphatic heterocycles. The van der Waals surface area contributed by atoms with Gasteiger partial charge in [0.05, 0.1) is 23.1 Å². The van der Waals surface area contributed by atoms with Gasteiger partial charge in [-0.05, 0) is 62.8 Å². The minimum Gasteiger partial charge on any atom is -0.490 e. The summed E-state index contributed by atoms with van der Waals surface area (Å²) >= 11 is 0. The summed E-state index contributed by atoms with van der Waals surface area (Å²) in [5, 5.41) is 12.3. The fourth-order valence-electron chi connectivity index (χ4n) is 4.32. The van der Waals surface area contributed by atoms with Crippen molar-refractivity contribution in [2.45, 2.75) is 69.0 Å². The predicted molar refractivity (Wildman–Crippen MR) is 124 cm³/mol. The number of sulfonamides is 1. The van der Waals surface area contributed by atoms with Crippen LogP contribution in [0.25, 0.3) is 0 Å². The maximum absolute atomic E-state index is 13.1. The molecule has 1 saturated carbocycles. The van der Waals surface area contributed by atoms with E-state index in [2.05, 4.69) is 10.0 Å². The van der Waals surface area contributed by atoms with Crippen molar-refractivity contribution >= 4 is 15.9 Å². The summed E-state index contributed by atoms with van der Waals surface area (Å²) < 4.78 is 35.0. The van der Waals surface area contributed by atoms with Crippen LogP contribution < -0.4 is 14.8 Å². The largest absolute Gasteiger partial charge is 0.490 e. The highest BCUT2D eigenvalue weighted by Crippen LogP contribution is 2.28. The van der Waals surface area contributed by atoms with Crippen LogP contribution in [0.15, 0.2) is 53.4 Å². The lowest BCUT2D eigenvalue weighted by Gasteiger charge is -2.27. The van der Waals surface area contributed by atoms with Gasteiger partial charge in [-0.15, -0.1) is 0 Å². The molecule has 0 aromatic heterocycles. The zero-order valence-electron chi connectivity index (χ0n) is 19.0. The lowest BCUT2D eigenvalue weighted by Crippen LogP contribution is -2.41. The molecule has 2 aromatic rings. The highest BCUT2D eigenvalue weighted by Gasteiger charge is 2.30. The molecular formula is C24H31N3O5S. The van der Waals surface area contributed by atoms with E-state index >= 15 is 0 Å². The molecule has 1 saturated heterocycles. The lowest BCUT2D eigenvalue weighted by atomic mass is 9.95. The number of aliphatic hydroxyl groups excluding tert-OH is 1. The Morgan fingerprint density at radius 3 is 2.48 bits per heavy atom. The van der Waals surface area contributed by atoms with E-state index in [0.717, 1.165) is 36.8 Å². The van der Waals surface area contributed by atoms with Crippen LogP contribution in [0.4, 0.5) is 0 Å². The molecule has 8 nitrogen and oxygen atoms in total. The van der Waals surface area contributed by atoms with Gasteiger partial charge in [-0.3, -0.25) is 4.79 Å². The fourth-order valence-corrected chi connectivity index (χ4v) is 5.76. The molecule has 2 aliphatic rings. The Hall–Kier alpha value is -2.46. The van der Waals surface area contributed by atoms with E-state index in [-0.39, 0.29) is 23.5 Å². The third-order valence-corrected chi connectivity index (χ3v) is 7.81. The number of nitrogens with zero attached hydrogens (tertiary/aromatic N) is 1. The Balaban J connectivity index is 1.44. The Morgan fingerprint density at radius 2 is 1.85 bits per heavy atom. The van der Waals surface area contributed by atoms with E-state index in [4.69, 9.17) is 4.74 Å². The topological polar surface area (TPSA) is 108 Å². The average Bonchev–Trinajstić information content (AvgIpc) is 3.37. The van der Waals surface area contributed by atoms with Crippen molar-refractivity contribution < 1.29 is 23.1 Å². The summed E-state index contributed by atoms with van der Waals surface area (Å²) in [6, 6.07) is 14.1. The maximum Gasteiger partial charge on any atom is 0.241 e. The molecule has 3 N–H and O–H groups in total. The SMILES string of the molecule is CC(C)(NS(=O)(=O)c1cccc(OC2CCCC2)c1)c1ccc(CN2CC(=O)NC2O)cc1. The Bertz CT molecular complexity index is 1100. The summed E-state index contributed by atoms with van der Waals surface area (Å²) in [5.74, 6) is 0.358. The van der Waals surface area contributed by atoms with Crippen molar-refractivity contribution in [1.82, 2.24) is 14.9 Å². The second kappa shape index (κ2) is 9.42. The number of carbonyl (C=O) groups excluding carboxylic acids is 1. The van der Waals surface area contributed by atoms with Gasteiger partial charge in [0.25, 0.3) is 0 Å². The summed E-state index contributed by atoms with van der Waals surface area (Å²) in [6.07, 6.45) is 3.45. The Kier molecular flexibility index (Phi) is 6.76. The molecule has 9 heteroatoms. The molecule has 2 aromatic carbocycles. The number of carbonyl (C=O) groups is 1. The summed E-state index contributed by atoms with van der Waals surface area (Å²) in [7, 11) is -3.78. The van der Waals surface area contributed by atoms with Gasteiger partial charge in [0.15, 0.2) is 6.35 Å². The highest BCUT2D eigenvalue weighted by atomic mass is 32.2. The van der Waals surface area contributed by atoms with Crippen molar-refractivity contribution in [1.29, 1.82) is 0 Å². The van der Waals surface area contributed by atoms with Crippen LogP contribution in [-0.4, -0.2) is 43.3 Å². The zero-order chi connectivity index (χ0) is 23.6. The first-order valence-corrected chi connectivity index (χ1v) is 12.7. The zero-order valence-corrected chi connectivity index (χ0v) is 19.8. The molecule has 2 fully saturated rings. The van der Waals surface area contributed by atoms with E-state index in [1.54, 1.807) is 29.2 Å². The van der Waals surface area contributed by atoms with Crippen LogP contribution in [0, 0.1) is 0 Å². The molecule has 4 rings (SSSR count). The molecule has 1 amide bonds. The lowest BCUT2D eigenvalue weighted by molar-refractivity contribution is -0.119. The second-order valence-electron chi connectivity index (χ2n) is 9.27. The van der Waals surface area contributed by atoms with Gasteiger partial charge in [-0.1, -0.05) is 30.3 Å². The fraction of sp³-hybridized carbons (Fsp3) is 0.458. The number of benzene rings is 2. The Labute approximate surface area is 195 Å². The molecule has 1 aliphatic carbocycles. The van der Waals surface area contributed by atoms with Gasteiger partial charge in [0.1, 0.15) is 5.75 Å². The first-order chi connectivity index (χ1) is 15.6. The molecule has 1 unspecified atom stereocenters. The molecular weight excluding hydrogens is 442 g/mol. The summed E-state index contributed by atoms with van der Waals surface area (Å²) in [5.41, 5.74) is 0.846. The van der Waals surface area contributed by atoms with Gasteiger partial charge in [0.2, 0.25) is 15.9 Å². The van der Waals surface area contributed by atoms with Crippen LogP contribution in [-0.2, 0) is 26.9 Å². The molecule has 1 heterocycles. The molecule has 1 atom stereocenters. The predicted octanol–water partition coefficient (Wildman–Crippen LogP) is 2.43. The van der Waals surface area contributed by atoms with E-state index in [1.165, 1.54) is 0 Å². The number of hydrogen-bond acceptors (Lipinski definition) is 6. The Morgan fingerprint density at radius 1 is 1.15 bits per heavy atom. The van der Waals surface area contributed by atoms with Gasteiger partial charge in [0, 0.05) is 12.6 Å². The van der Waals surface area contributed by atoms with Crippen LogP contribution in [0.3, 0.4) is 0 Å². The van der Waals surface area contributed by atoms with E-state index in [0.29, 0.717) is 12.3 Å². The van der Waals surface area contributed by atoms with Crippen molar-refractivity contribution in [3.8, 4) is 5.75 Å². The third kappa shape index (κ3) is 5.73. The smallest absolute Gasteiger partial charge is 0.241 e. The second-order valence-corrected chi connectivity index (χ2v) is 11.0. The highest BCUT2D eigenvalue weighted by molar-refractivity contribution is 7.89. The minimum absolute atomic E-state index is 0.137. The summed E-state index contributed by atoms with van der Waals surface area (Å²) in [4.78, 5) is 13.2. The van der Waals surface area contributed by atoms with Gasteiger partial charge in [-0.2, -0.15) is 0 Å². The van der Waals surface area contributed by atoms with Crippen LogP contribution in [0.1, 0.15) is 50.7 Å². The van der Waals surface area contributed by atoms with Gasteiger partial charge < -0.3 is 15.2 Å². The molecule has 33 heavy (non-hydrogen) atoms. The van der Waals surface area contributed by atoms with Crippen molar-refractivity contribution in [2.75, 3.05) is 6.54 Å². The van der Waals surface area contributed by atoms with Crippen LogP contribution >= 0.6 is 0 Å². The molecule has 0 radical (unpaired) electrons. The van der Waals surface area contributed by atoms with E-state index in [1.807, 2.05) is 38.1 Å². The maximum atomic E-state index is 13.1. The van der Waals surface area contributed by atoms with Crippen LogP contribution in [0.5, 0.6) is 5.75 Å². The average molecular weight is 474 g/mol. The quantitative estimate of drug-likeness (QED) is 0.544. The summed E-state index contributed by atoms with van der Waals surface area (Å²) in [6.45, 7) is 4.16. The molecule has 0 bridgehead atoms. The van der Waals surface area contributed by atoms with Gasteiger partial charge >= 0.3 is 0 Å². The number of aliphatic hydroxyl groups is 1. The van der Waals surface area contributed by atoms with Crippen molar-refractivity contribution in [2.24, 2.45) is 0 Å². The van der Waals surface area contributed by atoms with E-state index in [9.17, 15) is 18.3 Å². The molecule has 0 spiro atoms. The minimum atomic E-state index is -3.78. The number of nitrogens with one attached hydrogen (secondary N) is 2. The first kappa shape index (κ1) is 23.7. The first-order valence-electron chi connectivity index (χ1n) is 11.2. The standard InChI is InChI=1S/C24H31N3O5S/c1-24(2,18-12-10-17(11-13-18)15-27-16-22(28)25-23(27)29)26-33(30,31)21-9-5-8-20(14-21)32-19-6-3-4-7-19/h5,8-14,19,23,26,29H,3-4,6-7,15-16H2,1-2H3,(H,25,28). The van der Waals surface area contributed by atoms with Gasteiger partial charge in [-0.25, -0.2) is 18.0 Å². The number of ether oxygens (including phenoxy) is 1. The number of rotatable bonds is 8. The van der Waals surface area contributed by atoms with Crippen molar-refractivity contribution in [3.05, 3.63) is 59.7 Å². The number of hydrogen-bond donors (Lipinski definition) is 3. The van der Waals surface area contributed by atoms with Crippen molar-refractivity contribution in [3.63, 3.8) is 0 Å².